The second-order valence-electron chi connectivity index (χ2n) is 3.64. The maximum Gasteiger partial charge on any atom is 0.257 e. The van der Waals surface area contributed by atoms with E-state index in [0.717, 1.165) is 11.3 Å². The van der Waals surface area contributed by atoms with Crippen molar-refractivity contribution in [3.63, 3.8) is 0 Å². The van der Waals surface area contributed by atoms with Gasteiger partial charge in [0.2, 0.25) is 5.82 Å². The first kappa shape index (κ1) is 15.4. The third-order valence-electron chi connectivity index (χ3n) is 2.56. The van der Waals surface area contributed by atoms with Crippen molar-refractivity contribution in [1.82, 2.24) is 10.1 Å². The van der Waals surface area contributed by atoms with E-state index in [1.165, 1.54) is 0 Å². The van der Waals surface area contributed by atoms with Gasteiger partial charge < -0.3 is 19.7 Å². The van der Waals surface area contributed by atoms with Crippen molar-refractivity contribution < 1.29 is 14.0 Å². The maximum atomic E-state index is 5.53. The Labute approximate surface area is 117 Å². The molecular formula is C12H16ClN3O3. The molecule has 1 unspecified atom stereocenters. The molecule has 0 aliphatic carbocycles. The molecule has 1 heterocycles. The molecule has 1 aromatic heterocycles. The Hall–Kier alpha value is -1.63. The van der Waals surface area contributed by atoms with E-state index in [2.05, 4.69) is 10.1 Å². The van der Waals surface area contributed by atoms with E-state index in [4.69, 9.17) is 19.7 Å². The van der Waals surface area contributed by atoms with Crippen molar-refractivity contribution in [2.75, 3.05) is 20.8 Å². The number of nitrogens with two attached hydrogens (primary N) is 1. The average Bonchev–Trinajstić information content (AvgIpc) is 2.90. The fourth-order valence-corrected chi connectivity index (χ4v) is 1.52. The topological polar surface area (TPSA) is 83.4 Å². The maximum absolute atomic E-state index is 5.53. The van der Waals surface area contributed by atoms with Gasteiger partial charge in [-0.2, -0.15) is 4.98 Å². The first-order valence-corrected chi connectivity index (χ1v) is 5.49. The number of hydrogen-bond acceptors (Lipinski definition) is 6. The summed E-state index contributed by atoms with van der Waals surface area (Å²) < 4.78 is 15.3. The summed E-state index contributed by atoms with van der Waals surface area (Å²) in [5.74, 6) is 1.66. The summed E-state index contributed by atoms with van der Waals surface area (Å²) >= 11 is 0. The standard InChI is InChI=1S/C12H15N3O3.ClH/c1-16-9-5-3-8(4-6-9)11-14-12(18-15-11)10(7-13)17-2;/h3-6,10H,7,13H2,1-2H3;1H. The number of methoxy groups -OCH3 is 2. The average molecular weight is 286 g/mol. The number of hydrogen-bond donors (Lipinski definition) is 1. The van der Waals surface area contributed by atoms with Crippen LogP contribution in [0.25, 0.3) is 11.4 Å². The van der Waals surface area contributed by atoms with E-state index < -0.39 is 0 Å². The van der Waals surface area contributed by atoms with Gasteiger partial charge in [0.1, 0.15) is 11.9 Å². The fourth-order valence-electron chi connectivity index (χ4n) is 1.52. The Balaban J connectivity index is 0.00000180. The van der Waals surface area contributed by atoms with Crippen LogP contribution in [0.4, 0.5) is 0 Å². The molecule has 0 spiro atoms. The van der Waals surface area contributed by atoms with Crippen LogP contribution in [0.5, 0.6) is 5.75 Å². The second kappa shape index (κ2) is 7.08. The Bertz CT molecular complexity index is 497. The van der Waals surface area contributed by atoms with Crippen LogP contribution in [0.15, 0.2) is 28.8 Å². The lowest BCUT2D eigenvalue weighted by Crippen LogP contribution is -2.14. The van der Waals surface area contributed by atoms with Crippen LogP contribution in [0.3, 0.4) is 0 Å². The minimum absolute atomic E-state index is 0. The van der Waals surface area contributed by atoms with E-state index in [-0.39, 0.29) is 18.5 Å². The number of aromatic nitrogens is 2. The van der Waals surface area contributed by atoms with Crippen molar-refractivity contribution in [2.24, 2.45) is 5.73 Å². The molecular weight excluding hydrogens is 270 g/mol. The first-order valence-electron chi connectivity index (χ1n) is 5.49. The van der Waals surface area contributed by atoms with Gasteiger partial charge in [-0.1, -0.05) is 5.16 Å². The third-order valence-corrected chi connectivity index (χ3v) is 2.56. The van der Waals surface area contributed by atoms with Gasteiger partial charge in [0.15, 0.2) is 0 Å². The van der Waals surface area contributed by atoms with Crippen LogP contribution in [0.2, 0.25) is 0 Å². The molecule has 0 radical (unpaired) electrons. The Morgan fingerprint density at radius 1 is 1.26 bits per heavy atom. The van der Waals surface area contributed by atoms with E-state index in [9.17, 15) is 0 Å². The van der Waals surface area contributed by atoms with Crippen molar-refractivity contribution >= 4 is 12.4 Å². The van der Waals surface area contributed by atoms with E-state index in [1.54, 1.807) is 14.2 Å². The number of halogens is 1. The van der Waals surface area contributed by atoms with Crippen LogP contribution in [0.1, 0.15) is 12.0 Å². The SMILES string of the molecule is COc1ccc(-c2noc(C(CN)OC)n2)cc1.Cl. The fraction of sp³-hybridized carbons (Fsp3) is 0.333. The van der Waals surface area contributed by atoms with Gasteiger partial charge in [0.25, 0.3) is 5.89 Å². The van der Waals surface area contributed by atoms with Crippen molar-refractivity contribution in [3.8, 4) is 17.1 Å². The molecule has 0 aliphatic rings. The zero-order valence-electron chi connectivity index (χ0n) is 10.7. The minimum Gasteiger partial charge on any atom is -0.497 e. The lowest BCUT2D eigenvalue weighted by atomic mass is 10.2. The zero-order valence-corrected chi connectivity index (χ0v) is 11.5. The van der Waals surface area contributed by atoms with Gasteiger partial charge in [0, 0.05) is 19.2 Å². The predicted molar refractivity (Wildman–Crippen MR) is 72.3 cm³/mol. The van der Waals surface area contributed by atoms with Gasteiger partial charge in [-0.05, 0) is 24.3 Å². The molecule has 0 aliphatic heterocycles. The number of ether oxygens (including phenoxy) is 2. The molecule has 0 amide bonds. The Morgan fingerprint density at radius 2 is 1.95 bits per heavy atom. The van der Waals surface area contributed by atoms with Crippen LogP contribution < -0.4 is 10.5 Å². The molecule has 6 nitrogen and oxygen atoms in total. The molecule has 2 rings (SSSR count). The molecule has 7 heteroatoms. The monoisotopic (exact) mass is 285 g/mol. The van der Waals surface area contributed by atoms with E-state index >= 15 is 0 Å². The molecule has 1 atom stereocenters. The summed E-state index contributed by atoms with van der Waals surface area (Å²) in [6.07, 6.45) is -0.371. The molecule has 0 fully saturated rings. The molecule has 0 saturated heterocycles. The highest BCUT2D eigenvalue weighted by atomic mass is 35.5. The largest absolute Gasteiger partial charge is 0.497 e. The van der Waals surface area contributed by atoms with Crippen molar-refractivity contribution in [1.29, 1.82) is 0 Å². The van der Waals surface area contributed by atoms with Crippen molar-refractivity contribution in [2.45, 2.75) is 6.10 Å². The molecule has 19 heavy (non-hydrogen) atoms. The Kier molecular flexibility index (Phi) is 5.75. The summed E-state index contributed by atoms with van der Waals surface area (Å²) in [6.45, 7) is 0.292. The summed E-state index contributed by atoms with van der Waals surface area (Å²) in [6, 6.07) is 7.39. The summed E-state index contributed by atoms with van der Waals surface area (Å²) in [7, 11) is 3.17. The highest BCUT2D eigenvalue weighted by Gasteiger charge is 2.17. The lowest BCUT2D eigenvalue weighted by Gasteiger charge is -2.05. The molecule has 1 aromatic carbocycles. The van der Waals surface area contributed by atoms with Crippen molar-refractivity contribution in [3.05, 3.63) is 30.2 Å². The predicted octanol–water partition coefficient (Wildman–Crippen LogP) is 1.81. The smallest absolute Gasteiger partial charge is 0.257 e. The normalized spacial score (nSPS) is 11.7. The molecule has 0 bridgehead atoms. The molecule has 0 saturated carbocycles. The first-order chi connectivity index (χ1) is 8.78. The quantitative estimate of drug-likeness (QED) is 0.902. The number of nitrogens with zero attached hydrogens (tertiary/aromatic N) is 2. The van der Waals surface area contributed by atoms with E-state index in [0.29, 0.717) is 18.3 Å². The Morgan fingerprint density at radius 3 is 2.47 bits per heavy atom. The third kappa shape index (κ3) is 3.44. The van der Waals surface area contributed by atoms with Gasteiger partial charge >= 0.3 is 0 Å². The zero-order chi connectivity index (χ0) is 13.0. The van der Waals surface area contributed by atoms with Crippen LogP contribution in [0, 0.1) is 0 Å². The van der Waals surface area contributed by atoms with Gasteiger partial charge in [-0.15, -0.1) is 12.4 Å². The summed E-state index contributed by atoms with van der Waals surface area (Å²) in [5.41, 5.74) is 6.38. The minimum atomic E-state index is -0.371. The van der Waals surface area contributed by atoms with Crippen LogP contribution in [-0.2, 0) is 4.74 Å². The number of rotatable bonds is 5. The van der Waals surface area contributed by atoms with Gasteiger partial charge in [-0.3, -0.25) is 0 Å². The lowest BCUT2D eigenvalue weighted by molar-refractivity contribution is 0.0804. The summed E-state index contributed by atoms with van der Waals surface area (Å²) in [4.78, 5) is 4.25. The second-order valence-corrected chi connectivity index (χ2v) is 3.64. The van der Waals surface area contributed by atoms with Crippen LogP contribution >= 0.6 is 12.4 Å². The van der Waals surface area contributed by atoms with Gasteiger partial charge in [-0.25, -0.2) is 0 Å². The van der Waals surface area contributed by atoms with E-state index in [1.807, 2.05) is 24.3 Å². The highest BCUT2D eigenvalue weighted by Crippen LogP contribution is 2.22. The molecule has 2 N–H and O–H groups in total. The van der Waals surface area contributed by atoms with Gasteiger partial charge in [0.05, 0.1) is 7.11 Å². The summed E-state index contributed by atoms with van der Waals surface area (Å²) in [5, 5.41) is 3.90. The van der Waals surface area contributed by atoms with Crippen LogP contribution in [-0.4, -0.2) is 30.9 Å². The number of benzene rings is 1. The highest BCUT2D eigenvalue weighted by molar-refractivity contribution is 5.85. The molecule has 2 aromatic rings. The molecule has 104 valence electrons.